The standard InChI is InChI=1S/C19H25N3O4/c1-3-26-19(23)16-13-21-17-5-4-14(24-2)12-15(17)18(16)20-6-7-22-8-10-25-11-9-22/h4-5,12-13H,3,6-11H2,1-2H3,(H,20,21)/p+1. The lowest BCUT2D eigenvalue weighted by molar-refractivity contribution is -0.906. The maximum Gasteiger partial charge on any atom is 0.341 e. The summed E-state index contributed by atoms with van der Waals surface area (Å²) in [5.74, 6) is 0.355. The monoisotopic (exact) mass is 360 g/mol. The first-order valence-corrected chi connectivity index (χ1v) is 9.02. The van der Waals surface area contributed by atoms with E-state index in [0.717, 1.165) is 61.7 Å². The van der Waals surface area contributed by atoms with Crippen LogP contribution in [0.25, 0.3) is 10.9 Å². The highest BCUT2D eigenvalue weighted by molar-refractivity contribution is 6.05. The van der Waals surface area contributed by atoms with Gasteiger partial charge in [0.1, 0.15) is 24.4 Å². The van der Waals surface area contributed by atoms with E-state index in [9.17, 15) is 4.79 Å². The summed E-state index contributed by atoms with van der Waals surface area (Å²) in [6, 6.07) is 5.65. The smallest absolute Gasteiger partial charge is 0.341 e. The summed E-state index contributed by atoms with van der Waals surface area (Å²) in [5.41, 5.74) is 2.00. The number of nitrogens with one attached hydrogen (secondary N) is 2. The highest BCUT2D eigenvalue weighted by Crippen LogP contribution is 2.29. The summed E-state index contributed by atoms with van der Waals surface area (Å²) in [4.78, 5) is 18.3. The van der Waals surface area contributed by atoms with Crippen molar-refractivity contribution in [3.63, 3.8) is 0 Å². The molecular formula is C19H26N3O4+. The SMILES string of the molecule is CCOC(=O)c1cnc2ccc(OC)cc2c1NCC[NH+]1CCOCC1. The molecule has 1 aliphatic rings. The Morgan fingerprint density at radius 1 is 1.35 bits per heavy atom. The Balaban J connectivity index is 1.87. The molecule has 0 unspecified atom stereocenters. The summed E-state index contributed by atoms with van der Waals surface area (Å²) < 4.78 is 15.9. The van der Waals surface area contributed by atoms with Gasteiger partial charge in [-0.05, 0) is 25.1 Å². The molecule has 1 aliphatic heterocycles. The van der Waals surface area contributed by atoms with Gasteiger partial charge in [0.2, 0.25) is 0 Å². The van der Waals surface area contributed by atoms with E-state index in [4.69, 9.17) is 14.2 Å². The Morgan fingerprint density at radius 2 is 2.15 bits per heavy atom. The van der Waals surface area contributed by atoms with Gasteiger partial charge >= 0.3 is 5.97 Å². The molecule has 1 saturated heterocycles. The fourth-order valence-electron chi connectivity index (χ4n) is 3.13. The van der Waals surface area contributed by atoms with Crippen molar-refractivity contribution in [3.8, 4) is 5.75 Å². The molecule has 0 saturated carbocycles. The van der Waals surface area contributed by atoms with Crippen molar-refractivity contribution in [2.75, 3.05) is 58.4 Å². The number of anilines is 1. The van der Waals surface area contributed by atoms with E-state index in [1.165, 1.54) is 4.90 Å². The van der Waals surface area contributed by atoms with Crippen LogP contribution in [-0.2, 0) is 9.47 Å². The van der Waals surface area contributed by atoms with Crippen LogP contribution in [-0.4, -0.2) is 64.1 Å². The Hall–Kier alpha value is -2.38. The zero-order valence-corrected chi connectivity index (χ0v) is 15.3. The number of hydrogen-bond acceptors (Lipinski definition) is 6. The van der Waals surface area contributed by atoms with E-state index in [1.54, 1.807) is 20.2 Å². The minimum Gasteiger partial charge on any atom is -0.497 e. The van der Waals surface area contributed by atoms with Crippen LogP contribution in [0.15, 0.2) is 24.4 Å². The first-order chi connectivity index (χ1) is 12.7. The fraction of sp³-hybridized carbons (Fsp3) is 0.474. The van der Waals surface area contributed by atoms with Gasteiger partial charge < -0.3 is 24.4 Å². The number of ether oxygens (including phenoxy) is 3. The Labute approximate surface area is 153 Å². The number of benzene rings is 1. The first-order valence-electron chi connectivity index (χ1n) is 9.02. The van der Waals surface area contributed by atoms with Gasteiger partial charge in [0.05, 0.1) is 51.2 Å². The number of hydrogen-bond donors (Lipinski definition) is 2. The number of pyridine rings is 1. The normalized spacial score (nSPS) is 15.0. The van der Waals surface area contributed by atoms with Crippen molar-refractivity contribution in [1.29, 1.82) is 0 Å². The van der Waals surface area contributed by atoms with Crippen LogP contribution >= 0.6 is 0 Å². The van der Waals surface area contributed by atoms with Crippen molar-refractivity contribution >= 4 is 22.6 Å². The van der Waals surface area contributed by atoms with E-state index >= 15 is 0 Å². The van der Waals surface area contributed by atoms with Gasteiger partial charge in [-0.3, -0.25) is 4.98 Å². The lowest BCUT2D eigenvalue weighted by Crippen LogP contribution is -3.14. The molecule has 0 bridgehead atoms. The summed E-state index contributed by atoms with van der Waals surface area (Å²) in [6.07, 6.45) is 1.58. The van der Waals surface area contributed by atoms with Crippen molar-refractivity contribution in [1.82, 2.24) is 4.98 Å². The largest absolute Gasteiger partial charge is 0.497 e. The van der Waals surface area contributed by atoms with Crippen LogP contribution in [0.4, 0.5) is 5.69 Å². The molecule has 7 nitrogen and oxygen atoms in total. The van der Waals surface area contributed by atoms with Gasteiger partial charge in [-0.2, -0.15) is 0 Å². The molecule has 26 heavy (non-hydrogen) atoms. The van der Waals surface area contributed by atoms with E-state index in [-0.39, 0.29) is 5.97 Å². The van der Waals surface area contributed by atoms with E-state index in [0.29, 0.717) is 12.2 Å². The van der Waals surface area contributed by atoms with Crippen molar-refractivity contribution < 1.29 is 23.9 Å². The van der Waals surface area contributed by atoms with Crippen molar-refractivity contribution in [3.05, 3.63) is 30.0 Å². The third-order valence-corrected chi connectivity index (χ3v) is 4.55. The maximum atomic E-state index is 12.4. The van der Waals surface area contributed by atoms with Crippen LogP contribution in [0.5, 0.6) is 5.75 Å². The number of quaternary nitrogens is 1. The molecule has 0 spiro atoms. The highest BCUT2D eigenvalue weighted by Gasteiger charge is 2.18. The molecule has 0 radical (unpaired) electrons. The number of nitrogens with zero attached hydrogens (tertiary/aromatic N) is 1. The lowest BCUT2D eigenvalue weighted by atomic mass is 10.1. The van der Waals surface area contributed by atoms with Gasteiger partial charge in [0, 0.05) is 11.6 Å². The summed E-state index contributed by atoms with van der Waals surface area (Å²) in [5, 5.41) is 4.29. The Bertz CT molecular complexity index is 760. The van der Waals surface area contributed by atoms with Crippen LogP contribution in [0.2, 0.25) is 0 Å². The summed E-state index contributed by atoms with van der Waals surface area (Å²) >= 11 is 0. The first kappa shape index (κ1) is 18.4. The predicted molar refractivity (Wildman–Crippen MR) is 99.1 cm³/mol. The maximum absolute atomic E-state index is 12.4. The minimum atomic E-state index is -0.370. The number of aromatic nitrogens is 1. The molecule has 0 amide bonds. The zero-order valence-electron chi connectivity index (χ0n) is 15.3. The average molecular weight is 360 g/mol. The van der Waals surface area contributed by atoms with Crippen molar-refractivity contribution in [2.24, 2.45) is 0 Å². The molecule has 1 fully saturated rings. The minimum absolute atomic E-state index is 0.326. The Kier molecular flexibility index (Phi) is 6.25. The third-order valence-electron chi connectivity index (χ3n) is 4.55. The number of methoxy groups -OCH3 is 1. The van der Waals surface area contributed by atoms with E-state index < -0.39 is 0 Å². The summed E-state index contributed by atoms with van der Waals surface area (Å²) in [7, 11) is 1.62. The van der Waals surface area contributed by atoms with Crippen LogP contribution in [0.1, 0.15) is 17.3 Å². The van der Waals surface area contributed by atoms with Crippen LogP contribution in [0.3, 0.4) is 0 Å². The molecule has 140 valence electrons. The van der Waals surface area contributed by atoms with Crippen molar-refractivity contribution in [2.45, 2.75) is 6.92 Å². The van der Waals surface area contributed by atoms with Gasteiger partial charge in [-0.25, -0.2) is 4.79 Å². The third kappa shape index (κ3) is 4.23. The van der Waals surface area contributed by atoms with Gasteiger partial charge in [0.15, 0.2) is 0 Å². The molecule has 3 rings (SSSR count). The summed E-state index contributed by atoms with van der Waals surface area (Å²) in [6.45, 7) is 7.46. The lowest BCUT2D eigenvalue weighted by Gasteiger charge is -2.24. The second kappa shape index (κ2) is 8.82. The molecule has 1 aromatic heterocycles. The number of fused-ring (bicyclic) bond motifs is 1. The molecular weight excluding hydrogens is 334 g/mol. The van der Waals surface area contributed by atoms with Crippen LogP contribution < -0.4 is 15.0 Å². The second-order valence-corrected chi connectivity index (χ2v) is 6.19. The van der Waals surface area contributed by atoms with E-state index in [2.05, 4.69) is 10.3 Å². The van der Waals surface area contributed by atoms with Crippen LogP contribution in [0, 0.1) is 0 Å². The van der Waals surface area contributed by atoms with Gasteiger partial charge in [-0.15, -0.1) is 0 Å². The fourth-order valence-corrected chi connectivity index (χ4v) is 3.13. The van der Waals surface area contributed by atoms with Gasteiger partial charge in [0.25, 0.3) is 0 Å². The number of morpholine rings is 1. The average Bonchev–Trinajstić information content (AvgIpc) is 2.68. The van der Waals surface area contributed by atoms with E-state index in [1.807, 2.05) is 18.2 Å². The number of carbonyl (C=O) groups is 1. The topological polar surface area (TPSA) is 74.1 Å². The number of carbonyl (C=O) groups excluding carboxylic acids is 1. The molecule has 0 atom stereocenters. The molecule has 2 N–H and O–H groups in total. The predicted octanol–water partition coefficient (Wildman–Crippen LogP) is 0.747. The highest BCUT2D eigenvalue weighted by atomic mass is 16.5. The molecule has 2 aromatic rings. The Morgan fingerprint density at radius 3 is 2.88 bits per heavy atom. The number of esters is 1. The molecule has 0 aliphatic carbocycles. The zero-order chi connectivity index (χ0) is 18.4. The molecule has 7 heteroatoms. The number of rotatable bonds is 7. The molecule has 1 aromatic carbocycles. The van der Waals surface area contributed by atoms with Gasteiger partial charge in [-0.1, -0.05) is 0 Å². The molecule has 2 heterocycles. The second-order valence-electron chi connectivity index (χ2n) is 6.19. The quantitative estimate of drug-likeness (QED) is 0.710.